The molecule has 0 spiro atoms. The molecule has 0 saturated heterocycles. The van der Waals surface area contributed by atoms with E-state index in [4.69, 9.17) is 14.2 Å². The quantitative estimate of drug-likeness (QED) is 0.236. The number of guanidine groups is 1. The van der Waals surface area contributed by atoms with Crippen LogP contribution in [-0.4, -0.2) is 57.3 Å². The molecule has 28 heavy (non-hydrogen) atoms. The molecule has 0 aliphatic rings. The molecule has 0 fully saturated rings. The van der Waals surface area contributed by atoms with E-state index in [1.807, 2.05) is 32.2 Å². The third-order valence-corrected chi connectivity index (χ3v) is 4.66. The van der Waals surface area contributed by atoms with Crippen LogP contribution in [-0.2, 0) is 6.54 Å². The molecule has 1 heterocycles. The van der Waals surface area contributed by atoms with Crippen LogP contribution in [0.3, 0.4) is 0 Å². The van der Waals surface area contributed by atoms with Crippen molar-refractivity contribution in [2.45, 2.75) is 19.9 Å². The Morgan fingerprint density at radius 2 is 1.82 bits per heavy atom. The molecule has 0 unspecified atom stereocenters. The minimum absolute atomic E-state index is 0. The first-order chi connectivity index (χ1) is 13.0. The number of aromatic nitrogens is 1. The molecule has 156 valence electrons. The SMILES string of the molecule is CN=C(NCCCOc1cc(OC)cc(OC)c1)N(C)Cc1csc(C)n1.I. The number of nitrogens with zero attached hydrogens (tertiary/aromatic N) is 3. The fourth-order valence-corrected chi connectivity index (χ4v) is 3.11. The molecule has 0 bridgehead atoms. The zero-order chi connectivity index (χ0) is 19.6. The van der Waals surface area contributed by atoms with Crippen LogP contribution < -0.4 is 19.5 Å². The maximum atomic E-state index is 5.80. The molecular weight excluding hydrogens is 491 g/mol. The molecule has 1 aromatic heterocycles. The highest BCUT2D eigenvalue weighted by Crippen LogP contribution is 2.27. The van der Waals surface area contributed by atoms with E-state index in [1.54, 1.807) is 32.6 Å². The van der Waals surface area contributed by atoms with Crippen LogP contribution in [0.4, 0.5) is 0 Å². The number of nitrogens with one attached hydrogen (secondary N) is 1. The summed E-state index contributed by atoms with van der Waals surface area (Å²) in [4.78, 5) is 10.9. The van der Waals surface area contributed by atoms with Crippen molar-refractivity contribution in [1.29, 1.82) is 0 Å². The fourth-order valence-electron chi connectivity index (χ4n) is 2.51. The van der Waals surface area contributed by atoms with E-state index >= 15 is 0 Å². The van der Waals surface area contributed by atoms with E-state index in [2.05, 4.69) is 25.6 Å². The van der Waals surface area contributed by atoms with E-state index in [1.165, 1.54) is 0 Å². The Bertz CT molecular complexity index is 732. The normalized spacial score (nSPS) is 10.8. The van der Waals surface area contributed by atoms with Gasteiger partial charge < -0.3 is 24.4 Å². The van der Waals surface area contributed by atoms with Gasteiger partial charge in [0, 0.05) is 44.2 Å². The van der Waals surface area contributed by atoms with Gasteiger partial charge in [0.2, 0.25) is 0 Å². The van der Waals surface area contributed by atoms with Crippen LogP contribution in [0.5, 0.6) is 17.2 Å². The summed E-state index contributed by atoms with van der Waals surface area (Å²) in [5, 5.41) is 6.51. The number of ether oxygens (including phenoxy) is 3. The van der Waals surface area contributed by atoms with Crippen LogP contribution in [0, 0.1) is 6.92 Å². The van der Waals surface area contributed by atoms with Gasteiger partial charge >= 0.3 is 0 Å². The lowest BCUT2D eigenvalue weighted by molar-refractivity contribution is 0.304. The molecule has 7 nitrogen and oxygen atoms in total. The molecule has 1 N–H and O–H groups in total. The monoisotopic (exact) mass is 520 g/mol. The van der Waals surface area contributed by atoms with Gasteiger partial charge in [0.05, 0.1) is 38.1 Å². The molecule has 2 aromatic rings. The van der Waals surface area contributed by atoms with Gasteiger partial charge in [0.25, 0.3) is 0 Å². The van der Waals surface area contributed by atoms with Crippen molar-refractivity contribution in [3.63, 3.8) is 0 Å². The van der Waals surface area contributed by atoms with E-state index in [9.17, 15) is 0 Å². The number of halogens is 1. The standard InChI is InChI=1S/C19H28N4O3S.HI/c1-14-22-15(13-27-14)12-23(3)19(20-2)21-7-6-8-26-18-10-16(24-4)9-17(11-18)25-5;/h9-11,13H,6-8,12H2,1-5H3,(H,20,21);1H. The van der Waals surface area contributed by atoms with Crippen molar-refractivity contribution in [2.75, 3.05) is 41.5 Å². The second-order valence-corrected chi connectivity index (χ2v) is 7.00. The summed E-state index contributed by atoms with van der Waals surface area (Å²) in [5.41, 5.74) is 1.05. The topological polar surface area (TPSA) is 68.2 Å². The average Bonchev–Trinajstić information content (AvgIpc) is 3.08. The summed E-state index contributed by atoms with van der Waals surface area (Å²) < 4.78 is 16.3. The van der Waals surface area contributed by atoms with Crippen molar-refractivity contribution in [1.82, 2.24) is 15.2 Å². The molecule has 9 heteroatoms. The zero-order valence-electron chi connectivity index (χ0n) is 17.0. The molecule has 0 saturated carbocycles. The number of methoxy groups -OCH3 is 2. The largest absolute Gasteiger partial charge is 0.496 e. The fraction of sp³-hybridized carbons (Fsp3) is 0.474. The summed E-state index contributed by atoms with van der Waals surface area (Å²) in [6.07, 6.45) is 0.836. The highest BCUT2D eigenvalue weighted by molar-refractivity contribution is 14.0. The van der Waals surface area contributed by atoms with Crippen LogP contribution >= 0.6 is 35.3 Å². The van der Waals surface area contributed by atoms with Crippen LogP contribution in [0.1, 0.15) is 17.1 Å². The van der Waals surface area contributed by atoms with E-state index in [-0.39, 0.29) is 24.0 Å². The van der Waals surface area contributed by atoms with Crippen molar-refractivity contribution < 1.29 is 14.2 Å². The Hall–Kier alpha value is -1.75. The molecular formula is C19H29IN4O3S. The lowest BCUT2D eigenvalue weighted by atomic mass is 10.3. The van der Waals surface area contributed by atoms with Gasteiger partial charge in [-0.25, -0.2) is 4.98 Å². The first-order valence-corrected chi connectivity index (χ1v) is 9.62. The highest BCUT2D eigenvalue weighted by atomic mass is 127. The summed E-state index contributed by atoms with van der Waals surface area (Å²) >= 11 is 1.66. The van der Waals surface area contributed by atoms with Gasteiger partial charge in [0.15, 0.2) is 5.96 Å². The number of hydrogen-bond donors (Lipinski definition) is 1. The molecule has 0 amide bonds. The summed E-state index contributed by atoms with van der Waals surface area (Å²) in [6.45, 7) is 4.08. The Balaban J connectivity index is 0.00000392. The van der Waals surface area contributed by atoms with Crippen molar-refractivity contribution in [2.24, 2.45) is 4.99 Å². The van der Waals surface area contributed by atoms with Crippen molar-refractivity contribution in [3.8, 4) is 17.2 Å². The second kappa shape index (κ2) is 12.7. The first kappa shape index (κ1) is 24.3. The van der Waals surface area contributed by atoms with Crippen LogP contribution in [0.25, 0.3) is 0 Å². The number of aryl methyl sites for hydroxylation is 1. The van der Waals surface area contributed by atoms with E-state index in [0.29, 0.717) is 18.1 Å². The smallest absolute Gasteiger partial charge is 0.193 e. The maximum absolute atomic E-state index is 5.80. The van der Waals surface area contributed by atoms with Crippen molar-refractivity contribution >= 4 is 41.3 Å². The second-order valence-electron chi connectivity index (χ2n) is 5.94. The third kappa shape index (κ3) is 7.70. The van der Waals surface area contributed by atoms with Crippen molar-refractivity contribution in [3.05, 3.63) is 34.3 Å². The first-order valence-electron chi connectivity index (χ1n) is 8.74. The Kier molecular flexibility index (Phi) is 11.0. The summed E-state index contributed by atoms with van der Waals surface area (Å²) in [7, 11) is 7.03. The summed E-state index contributed by atoms with van der Waals surface area (Å²) in [5.74, 6) is 2.99. The van der Waals surface area contributed by atoms with Crippen LogP contribution in [0.15, 0.2) is 28.6 Å². The Morgan fingerprint density at radius 1 is 1.18 bits per heavy atom. The average molecular weight is 520 g/mol. The lowest BCUT2D eigenvalue weighted by Crippen LogP contribution is -2.39. The molecule has 2 rings (SSSR count). The number of thiazole rings is 1. The minimum Gasteiger partial charge on any atom is -0.496 e. The van der Waals surface area contributed by atoms with E-state index < -0.39 is 0 Å². The number of benzene rings is 1. The van der Waals surface area contributed by atoms with Gasteiger partial charge in [-0.1, -0.05) is 0 Å². The third-order valence-electron chi connectivity index (χ3n) is 3.84. The van der Waals surface area contributed by atoms with E-state index in [0.717, 1.165) is 41.9 Å². The highest BCUT2D eigenvalue weighted by Gasteiger charge is 2.08. The molecule has 0 atom stereocenters. The van der Waals surface area contributed by atoms with Gasteiger partial charge in [0.1, 0.15) is 17.2 Å². The molecule has 0 aliphatic carbocycles. The zero-order valence-corrected chi connectivity index (χ0v) is 20.2. The lowest BCUT2D eigenvalue weighted by Gasteiger charge is -2.21. The maximum Gasteiger partial charge on any atom is 0.193 e. The summed E-state index contributed by atoms with van der Waals surface area (Å²) in [6, 6.07) is 5.51. The minimum atomic E-state index is 0. The van der Waals surface area contributed by atoms with Gasteiger partial charge in [-0.2, -0.15) is 0 Å². The van der Waals surface area contributed by atoms with Crippen LogP contribution in [0.2, 0.25) is 0 Å². The molecule has 0 radical (unpaired) electrons. The number of hydrogen-bond acceptors (Lipinski definition) is 6. The predicted octanol–water partition coefficient (Wildman–Crippen LogP) is 3.56. The number of aliphatic imine (C=N–C) groups is 1. The molecule has 0 aliphatic heterocycles. The predicted molar refractivity (Wildman–Crippen MR) is 125 cm³/mol. The Labute approximate surface area is 188 Å². The van der Waals surface area contributed by atoms with Gasteiger partial charge in [-0.15, -0.1) is 35.3 Å². The van der Waals surface area contributed by atoms with Gasteiger partial charge in [-0.05, 0) is 13.3 Å². The number of rotatable bonds is 9. The molecule has 1 aromatic carbocycles. The van der Waals surface area contributed by atoms with Gasteiger partial charge in [-0.3, -0.25) is 4.99 Å². The Morgan fingerprint density at radius 3 is 2.36 bits per heavy atom.